The minimum atomic E-state index is 0.168. The summed E-state index contributed by atoms with van der Waals surface area (Å²) in [7, 11) is 0. The van der Waals surface area contributed by atoms with Crippen LogP contribution in [0.5, 0.6) is 0 Å². The number of aromatic amines is 1. The van der Waals surface area contributed by atoms with Gasteiger partial charge in [-0.25, -0.2) is 4.98 Å². The molecule has 3 heterocycles. The highest BCUT2D eigenvalue weighted by Gasteiger charge is 2.29. The Hall–Kier alpha value is -2.53. The molecule has 30 heavy (non-hydrogen) atoms. The minimum absolute atomic E-state index is 0.168. The number of fused-ring (bicyclic) bond motifs is 1. The quantitative estimate of drug-likeness (QED) is 0.637. The van der Waals surface area contributed by atoms with Crippen LogP contribution in [0.2, 0.25) is 5.02 Å². The molecular formula is C24H27ClN4O. The van der Waals surface area contributed by atoms with Crippen molar-refractivity contribution in [1.82, 2.24) is 14.9 Å². The van der Waals surface area contributed by atoms with Gasteiger partial charge < -0.3 is 14.8 Å². The van der Waals surface area contributed by atoms with Crippen molar-refractivity contribution in [2.45, 2.75) is 32.1 Å². The first kappa shape index (κ1) is 19.4. The molecule has 5 rings (SSSR count). The highest BCUT2D eigenvalue weighted by molar-refractivity contribution is 6.33. The largest absolute Gasteiger partial charge is 0.371 e. The number of piperidine rings is 2. The number of halogens is 1. The average Bonchev–Trinajstić information content (AvgIpc) is 3.24. The number of nitrogens with zero attached hydrogens (tertiary/aromatic N) is 3. The first-order valence-corrected chi connectivity index (χ1v) is 11.4. The van der Waals surface area contributed by atoms with Crippen molar-refractivity contribution in [1.29, 1.82) is 0 Å². The molecule has 2 saturated heterocycles. The van der Waals surface area contributed by atoms with Crippen LogP contribution in [0.15, 0.2) is 42.5 Å². The molecule has 0 aliphatic carbocycles. The van der Waals surface area contributed by atoms with E-state index in [4.69, 9.17) is 16.6 Å². The van der Waals surface area contributed by atoms with E-state index in [-0.39, 0.29) is 5.92 Å². The monoisotopic (exact) mass is 422 g/mol. The van der Waals surface area contributed by atoms with E-state index in [0.717, 1.165) is 80.0 Å². The smallest absolute Gasteiger partial charge is 0.225 e. The van der Waals surface area contributed by atoms with E-state index in [1.807, 2.05) is 30.3 Å². The van der Waals surface area contributed by atoms with Crippen molar-refractivity contribution in [2.24, 2.45) is 5.92 Å². The molecule has 0 radical (unpaired) electrons. The van der Waals surface area contributed by atoms with Gasteiger partial charge in [0.05, 0.1) is 16.1 Å². The average molecular weight is 423 g/mol. The van der Waals surface area contributed by atoms with Gasteiger partial charge in [0.2, 0.25) is 5.91 Å². The summed E-state index contributed by atoms with van der Waals surface area (Å²) in [6, 6.07) is 14.1. The second kappa shape index (κ2) is 8.31. The number of carbonyl (C=O) groups excluding carboxylic acids is 1. The number of nitrogens with one attached hydrogen (secondary N) is 1. The fraction of sp³-hybridized carbons (Fsp3) is 0.417. The third-order valence-corrected chi connectivity index (χ3v) is 6.80. The minimum Gasteiger partial charge on any atom is -0.371 e. The first-order chi connectivity index (χ1) is 14.7. The predicted octanol–water partition coefficient (Wildman–Crippen LogP) is 5.11. The fourth-order valence-electron chi connectivity index (χ4n) is 4.73. The Balaban J connectivity index is 1.31. The highest BCUT2D eigenvalue weighted by Crippen LogP contribution is 2.33. The molecule has 156 valence electrons. The number of aromatic nitrogens is 2. The van der Waals surface area contributed by atoms with Crippen molar-refractivity contribution in [3.63, 3.8) is 0 Å². The maximum absolute atomic E-state index is 12.8. The van der Waals surface area contributed by atoms with Crippen LogP contribution in [-0.4, -0.2) is 47.0 Å². The van der Waals surface area contributed by atoms with Crippen LogP contribution < -0.4 is 4.90 Å². The molecule has 1 aromatic heterocycles. The zero-order valence-corrected chi connectivity index (χ0v) is 17.9. The topological polar surface area (TPSA) is 52.2 Å². The number of likely N-dealkylation sites (tertiary alicyclic amines) is 1. The SMILES string of the molecule is O=C(C1CCN(c2ccc(Cl)c(-c3nc4ccccc4[nH]3)c2)CC1)N1CCCCC1. The molecule has 0 unspecified atom stereocenters. The molecule has 5 nitrogen and oxygen atoms in total. The number of para-hydroxylation sites is 2. The molecule has 1 amide bonds. The molecule has 2 fully saturated rings. The van der Waals surface area contributed by atoms with Crippen molar-refractivity contribution >= 4 is 34.2 Å². The van der Waals surface area contributed by atoms with E-state index >= 15 is 0 Å². The standard InChI is InChI=1S/C24H27ClN4O/c25-20-9-8-18(16-19(20)23-26-21-6-2-3-7-22(21)27-23)28-14-10-17(11-15-28)24(30)29-12-4-1-5-13-29/h2-3,6-9,16-17H,1,4-5,10-15H2,(H,26,27). The summed E-state index contributed by atoms with van der Waals surface area (Å²) < 4.78 is 0. The van der Waals surface area contributed by atoms with Crippen molar-refractivity contribution in [3.8, 4) is 11.4 Å². The van der Waals surface area contributed by atoms with Gasteiger partial charge >= 0.3 is 0 Å². The number of carbonyl (C=O) groups is 1. The number of hydrogen-bond donors (Lipinski definition) is 1. The maximum Gasteiger partial charge on any atom is 0.225 e. The lowest BCUT2D eigenvalue weighted by Gasteiger charge is -2.36. The Morgan fingerprint density at radius 2 is 1.77 bits per heavy atom. The molecule has 0 atom stereocenters. The van der Waals surface area contributed by atoms with E-state index in [1.54, 1.807) is 0 Å². The van der Waals surface area contributed by atoms with Gasteiger partial charge in [0.15, 0.2) is 0 Å². The number of anilines is 1. The number of rotatable bonds is 3. The molecule has 3 aromatic rings. The number of amides is 1. The third-order valence-electron chi connectivity index (χ3n) is 6.47. The predicted molar refractivity (Wildman–Crippen MR) is 122 cm³/mol. The number of imidazole rings is 1. The number of benzene rings is 2. The van der Waals surface area contributed by atoms with Crippen molar-refractivity contribution in [2.75, 3.05) is 31.1 Å². The summed E-state index contributed by atoms with van der Waals surface area (Å²) in [5, 5.41) is 0.688. The van der Waals surface area contributed by atoms with E-state index < -0.39 is 0 Å². The summed E-state index contributed by atoms with van der Waals surface area (Å²) >= 11 is 6.52. The molecule has 2 aliphatic heterocycles. The lowest BCUT2D eigenvalue weighted by molar-refractivity contribution is -0.137. The lowest BCUT2D eigenvalue weighted by atomic mass is 9.94. The molecule has 0 bridgehead atoms. The normalized spacial score (nSPS) is 18.2. The van der Waals surface area contributed by atoms with Crippen LogP contribution in [0.1, 0.15) is 32.1 Å². The summed E-state index contributed by atoms with van der Waals surface area (Å²) in [6.45, 7) is 3.67. The van der Waals surface area contributed by atoms with Gasteiger partial charge in [-0.15, -0.1) is 0 Å². The van der Waals surface area contributed by atoms with E-state index in [9.17, 15) is 4.79 Å². The van der Waals surface area contributed by atoms with Crippen LogP contribution in [0.25, 0.3) is 22.4 Å². The van der Waals surface area contributed by atoms with Gasteiger partial charge in [0, 0.05) is 43.3 Å². The Bertz CT molecular complexity index is 1020. The van der Waals surface area contributed by atoms with E-state index in [1.165, 1.54) is 6.42 Å². The molecule has 1 N–H and O–H groups in total. The number of H-pyrrole nitrogens is 1. The molecular weight excluding hydrogens is 396 g/mol. The van der Waals surface area contributed by atoms with Gasteiger partial charge in [0.1, 0.15) is 5.82 Å². The van der Waals surface area contributed by atoms with Crippen LogP contribution in [-0.2, 0) is 4.79 Å². The molecule has 2 aromatic carbocycles. The van der Waals surface area contributed by atoms with Gasteiger partial charge in [-0.2, -0.15) is 0 Å². The zero-order chi connectivity index (χ0) is 20.5. The van der Waals surface area contributed by atoms with Crippen LogP contribution in [0, 0.1) is 5.92 Å². The second-order valence-electron chi connectivity index (χ2n) is 8.41. The maximum atomic E-state index is 12.8. The van der Waals surface area contributed by atoms with Gasteiger partial charge in [-0.05, 0) is 62.4 Å². The van der Waals surface area contributed by atoms with Crippen molar-refractivity contribution in [3.05, 3.63) is 47.5 Å². The van der Waals surface area contributed by atoms with Crippen molar-refractivity contribution < 1.29 is 4.79 Å². The van der Waals surface area contributed by atoms with Gasteiger partial charge in [-0.3, -0.25) is 4.79 Å². The van der Waals surface area contributed by atoms with E-state index in [2.05, 4.69) is 26.9 Å². The lowest BCUT2D eigenvalue weighted by Crippen LogP contribution is -2.44. The highest BCUT2D eigenvalue weighted by atomic mass is 35.5. The van der Waals surface area contributed by atoms with Gasteiger partial charge in [0.25, 0.3) is 0 Å². The van der Waals surface area contributed by atoms with Crippen LogP contribution >= 0.6 is 11.6 Å². The summed E-state index contributed by atoms with van der Waals surface area (Å²) in [5.41, 5.74) is 3.99. The fourth-order valence-corrected chi connectivity index (χ4v) is 4.94. The Morgan fingerprint density at radius 3 is 2.53 bits per heavy atom. The first-order valence-electron chi connectivity index (χ1n) is 11.0. The Labute approximate surface area is 182 Å². The third kappa shape index (κ3) is 3.79. The summed E-state index contributed by atoms with van der Waals surface area (Å²) in [4.78, 5) is 25.4. The van der Waals surface area contributed by atoms with Crippen LogP contribution in [0.4, 0.5) is 5.69 Å². The molecule has 6 heteroatoms. The zero-order valence-electron chi connectivity index (χ0n) is 17.1. The molecule has 2 aliphatic rings. The molecule has 0 spiro atoms. The molecule has 0 saturated carbocycles. The Morgan fingerprint density at radius 1 is 1.00 bits per heavy atom. The Kier molecular flexibility index (Phi) is 5.38. The van der Waals surface area contributed by atoms with Crippen LogP contribution in [0.3, 0.4) is 0 Å². The number of hydrogen-bond acceptors (Lipinski definition) is 3. The van der Waals surface area contributed by atoms with Gasteiger partial charge in [-0.1, -0.05) is 23.7 Å². The summed E-state index contributed by atoms with van der Waals surface area (Å²) in [6.07, 6.45) is 5.39. The second-order valence-corrected chi connectivity index (χ2v) is 8.82. The summed E-state index contributed by atoms with van der Waals surface area (Å²) in [5.74, 6) is 1.33. The van der Waals surface area contributed by atoms with E-state index in [0.29, 0.717) is 10.9 Å².